The molecule has 2 fully saturated rings. The summed E-state index contributed by atoms with van der Waals surface area (Å²) >= 11 is 3.84. The molecule has 0 saturated heterocycles. The van der Waals surface area contributed by atoms with Crippen LogP contribution in [-0.4, -0.2) is 29.9 Å². The van der Waals surface area contributed by atoms with E-state index in [1.807, 2.05) is 0 Å². The molecule has 2 saturated carbocycles. The fourth-order valence-electron chi connectivity index (χ4n) is 3.53. The summed E-state index contributed by atoms with van der Waals surface area (Å²) in [6, 6.07) is 0. The van der Waals surface area contributed by atoms with E-state index in [9.17, 15) is 0 Å². The maximum Gasteiger partial charge on any atom is 0.0100 e. The average molecular weight is 330 g/mol. The first kappa shape index (κ1) is 15.8. The van der Waals surface area contributed by atoms with E-state index < -0.39 is 0 Å². The van der Waals surface area contributed by atoms with E-state index in [0.29, 0.717) is 5.41 Å². The molecule has 0 aromatic carbocycles. The monoisotopic (exact) mass is 329 g/mol. The third-order valence-corrected chi connectivity index (χ3v) is 6.02. The highest BCUT2D eigenvalue weighted by atomic mass is 79.9. The van der Waals surface area contributed by atoms with Crippen molar-refractivity contribution in [1.82, 2.24) is 4.90 Å². The number of hydrogen-bond donors (Lipinski definition) is 0. The minimum Gasteiger partial charge on any atom is -0.302 e. The van der Waals surface area contributed by atoms with E-state index in [-0.39, 0.29) is 0 Å². The van der Waals surface area contributed by atoms with Crippen molar-refractivity contribution < 1.29 is 0 Å². The molecule has 1 nitrogen and oxygen atoms in total. The number of hydrogen-bond acceptors (Lipinski definition) is 1. The van der Waals surface area contributed by atoms with Crippen molar-refractivity contribution in [3.63, 3.8) is 0 Å². The van der Waals surface area contributed by atoms with Gasteiger partial charge in [0.25, 0.3) is 0 Å². The van der Waals surface area contributed by atoms with Gasteiger partial charge in [-0.1, -0.05) is 42.6 Å². The molecule has 0 aliphatic heterocycles. The third-order valence-electron chi connectivity index (χ3n) is 4.83. The molecular weight excluding hydrogens is 298 g/mol. The third kappa shape index (κ3) is 5.38. The Kier molecular flexibility index (Phi) is 6.20. The molecule has 2 heteroatoms. The first-order chi connectivity index (χ1) is 9.21. The fraction of sp³-hybridized carbons (Fsp3) is 1.00. The van der Waals surface area contributed by atoms with Gasteiger partial charge in [0.05, 0.1) is 0 Å². The van der Waals surface area contributed by atoms with Crippen LogP contribution in [0.25, 0.3) is 0 Å². The fourth-order valence-corrected chi connectivity index (χ4v) is 4.27. The second kappa shape index (κ2) is 7.45. The van der Waals surface area contributed by atoms with Crippen LogP contribution in [0.1, 0.15) is 65.2 Å². The Hall–Kier alpha value is 0.440. The minimum absolute atomic E-state index is 0.535. The van der Waals surface area contributed by atoms with Gasteiger partial charge in [0.1, 0.15) is 0 Å². The van der Waals surface area contributed by atoms with E-state index in [1.54, 1.807) is 0 Å². The molecule has 0 heterocycles. The summed E-state index contributed by atoms with van der Waals surface area (Å²) in [6.07, 6.45) is 11.4. The van der Waals surface area contributed by atoms with Gasteiger partial charge in [0, 0.05) is 25.0 Å². The second-order valence-corrected chi connectivity index (χ2v) is 7.78. The molecule has 0 radical (unpaired) electrons. The normalized spacial score (nSPS) is 20.2. The smallest absolute Gasteiger partial charge is 0.0100 e. The zero-order valence-corrected chi connectivity index (χ0v) is 14.6. The Labute approximate surface area is 128 Å². The Morgan fingerprint density at radius 1 is 0.947 bits per heavy atom. The van der Waals surface area contributed by atoms with E-state index in [1.165, 1.54) is 76.3 Å². The van der Waals surface area contributed by atoms with Crippen molar-refractivity contribution in [2.45, 2.75) is 65.2 Å². The molecule has 112 valence electrons. The van der Waals surface area contributed by atoms with Crippen LogP contribution in [0.4, 0.5) is 0 Å². The predicted octanol–water partition coefficient (Wildman–Crippen LogP) is 5.09. The standard InChI is InChI=1S/C17H32BrN/c1-3-9-17(13-18,10-4-2)14-19(11-15-5-6-15)12-16-7-8-16/h15-16H,3-14H2,1-2H3. The Morgan fingerprint density at radius 2 is 1.42 bits per heavy atom. The maximum absolute atomic E-state index is 3.84. The molecule has 0 unspecified atom stereocenters. The molecule has 0 aromatic rings. The molecule has 0 spiro atoms. The van der Waals surface area contributed by atoms with Gasteiger partial charge in [-0.25, -0.2) is 0 Å². The molecule has 2 aliphatic rings. The van der Waals surface area contributed by atoms with Gasteiger partial charge in [-0.05, 0) is 55.8 Å². The Balaban J connectivity index is 1.92. The molecule has 0 amide bonds. The molecule has 2 rings (SSSR count). The van der Waals surface area contributed by atoms with Crippen LogP contribution in [0, 0.1) is 17.3 Å². The van der Waals surface area contributed by atoms with Gasteiger partial charge >= 0.3 is 0 Å². The van der Waals surface area contributed by atoms with E-state index in [4.69, 9.17) is 0 Å². The predicted molar refractivity (Wildman–Crippen MR) is 87.9 cm³/mol. The molecule has 0 bridgehead atoms. The van der Waals surface area contributed by atoms with Crippen molar-refractivity contribution in [3.8, 4) is 0 Å². The summed E-state index contributed by atoms with van der Waals surface area (Å²) in [5, 5.41) is 1.19. The largest absolute Gasteiger partial charge is 0.302 e. The highest BCUT2D eigenvalue weighted by molar-refractivity contribution is 9.09. The lowest BCUT2D eigenvalue weighted by Gasteiger charge is -2.37. The lowest BCUT2D eigenvalue weighted by molar-refractivity contribution is 0.137. The van der Waals surface area contributed by atoms with Crippen LogP contribution < -0.4 is 0 Å². The van der Waals surface area contributed by atoms with E-state index in [2.05, 4.69) is 34.7 Å². The van der Waals surface area contributed by atoms with Gasteiger partial charge < -0.3 is 4.90 Å². The van der Waals surface area contributed by atoms with Gasteiger partial charge in [0.2, 0.25) is 0 Å². The highest BCUT2D eigenvalue weighted by Crippen LogP contribution is 2.38. The van der Waals surface area contributed by atoms with Gasteiger partial charge in [0.15, 0.2) is 0 Å². The zero-order chi connectivity index (χ0) is 13.7. The maximum atomic E-state index is 3.84. The summed E-state index contributed by atoms with van der Waals surface area (Å²) in [5.41, 5.74) is 0.535. The lowest BCUT2D eigenvalue weighted by Crippen LogP contribution is -2.41. The zero-order valence-electron chi connectivity index (χ0n) is 13.0. The molecule has 0 atom stereocenters. The summed E-state index contributed by atoms with van der Waals surface area (Å²) in [7, 11) is 0. The van der Waals surface area contributed by atoms with Crippen LogP contribution in [0.15, 0.2) is 0 Å². The number of alkyl halides is 1. The number of nitrogens with zero attached hydrogens (tertiary/aromatic N) is 1. The van der Waals surface area contributed by atoms with Crippen LogP contribution in [0.3, 0.4) is 0 Å². The molecule has 19 heavy (non-hydrogen) atoms. The quantitative estimate of drug-likeness (QED) is 0.477. The number of halogens is 1. The second-order valence-electron chi connectivity index (χ2n) is 7.21. The van der Waals surface area contributed by atoms with E-state index in [0.717, 1.165) is 11.8 Å². The van der Waals surface area contributed by atoms with E-state index >= 15 is 0 Å². The van der Waals surface area contributed by atoms with Crippen molar-refractivity contribution in [2.24, 2.45) is 17.3 Å². The first-order valence-electron chi connectivity index (χ1n) is 8.49. The minimum atomic E-state index is 0.535. The van der Waals surface area contributed by atoms with Crippen molar-refractivity contribution >= 4 is 15.9 Å². The van der Waals surface area contributed by atoms with Crippen LogP contribution >= 0.6 is 15.9 Å². The molecule has 0 N–H and O–H groups in total. The summed E-state index contributed by atoms with van der Waals surface area (Å²) in [5.74, 6) is 2.07. The van der Waals surface area contributed by atoms with Crippen LogP contribution in [-0.2, 0) is 0 Å². The SMILES string of the molecule is CCCC(CBr)(CCC)CN(CC1CC1)CC1CC1. The lowest BCUT2D eigenvalue weighted by atomic mass is 9.80. The van der Waals surface area contributed by atoms with Crippen LogP contribution in [0.2, 0.25) is 0 Å². The van der Waals surface area contributed by atoms with Gasteiger partial charge in [-0.2, -0.15) is 0 Å². The van der Waals surface area contributed by atoms with Gasteiger partial charge in [-0.15, -0.1) is 0 Å². The number of rotatable bonds is 11. The Morgan fingerprint density at radius 3 is 1.74 bits per heavy atom. The van der Waals surface area contributed by atoms with Crippen molar-refractivity contribution in [3.05, 3.63) is 0 Å². The first-order valence-corrected chi connectivity index (χ1v) is 9.62. The highest BCUT2D eigenvalue weighted by Gasteiger charge is 2.34. The summed E-state index contributed by atoms with van der Waals surface area (Å²) in [4.78, 5) is 2.84. The molecular formula is C17H32BrN. The van der Waals surface area contributed by atoms with Gasteiger partial charge in [-0.3, -0.25) is 0 Å². The van der Waals surface area contributed by atoms with Crippen molar-refractivity contribution in [1.29, 1.82) is 0 Å². The van der Waals surface area contributed by atoms with Crippen LogP contribution in [0.5, 0.6) is 0 Å². The summed E-state index contributed by atoms with van der Waals surface area (Å²) in [6.45, 7) is 8.81. The summed E-state index contributed by atoms with van der Waals surface area (Å²) < 4.78 is 0. The van der Waals surface area contributed by atoms with Crippen molar-refractivity contribution in [2.75, 3.05) is 25.0 Å². The molecule has 2 aliphatic carbocycles. The topological polar surface area (TPSA) is 3.24 Å². The Bertz CT molecular complexity index is 238. The molecule has 0 aromatic heterocycles. The average Bonchev–Trinajstić information content (AvgIpc) is 3.26.